The second-order valence-corrected chi connectivity index (χ2v) is 4.25. The monoisotopic (exact) mass is 220 g/mol. The zero-order valence-electron chi connectivity index (χ0n) is 9.83. The number of hydrogen-bond acceptors (Lipinski definition) is 3. The van der Waals surface area contributed by atoms with Gasteiger partial charge in [-0.3, -0.25) is 0 Å². The molecule has 0 spiro atoms. The lowest BCUT2D eigenvalue weighted by Gasteiger charge is -2.12. The quantitative estimate of drug-likeness (QED) is 0.796. The van der Waals surface area contributed by atoms with E-state index >= 15 is 0 Å². The van der Waals surface area contributed by atoms with E-state index in [9.17, 15) is 0 Å². The van der Waals surface area contributed by atoms with Crippen LogP contribution in [-0.2, 0) is 11.3 Å². The fourth-order valence-electron chi connectivity index (χ4n) is 2.03. The van der Waals surface area contributed by atoms with Crippen LogP contribution in [0.3, 0.4) is 0 Å². The topological polar surface area (TPSA) is 33.3 Å². The molecular formula is C13H20N2O. The van der Waals surface area contributed by atoms with Crippen LogP contribution in [-0.4, -0.2) is 26.3 Å². The summed E-state index contributed by atoms with van der Waals surface area (Å²) in [6.07, 6.45) is 2.78. The number of hydrogen-bond donors (Lipinski definition) is 2. The fourth-order valence-corrected chi connectivity index (χ4v) is 2.03. The standard InChI is InChI=1S/C13H20N2O/c1-14-9-11-4-2-5-12(8-11)15-10-13-6-3-7-16-13/h2,4-5,8,13-15H,3,6-7,9-10H2,1H3. The minimum absolute atomic E-state index is 0.396. The molecule has 2 N–H and O–H groups in total. The van der Waals surface area contributed by atoms with Crippen molar-refractivity contribution in [2.75, 3.05) is 25.5 Å². The Bertz CT molecular complexity index is 321. The summed E-state index contributed by atoms with van der Waals surface area (Å²) in [4.78, 5) is 0. The van der Waals surface area contributed by atoms with Gasteiger partial charge in [-0.25, -0.2) is 0 Å². The average Bonchev–Trinajstić information content (AvgIpc) is 2.80. The molecule has 0 bridgehead atoms. The van der Waals surface area contributed by atoms with Gasteiger partial charge < -0.3 is 15.4 Å². The predicted octanol–water partition coefficient (Wildman–Crippen LogP) is 2.00. The highest BCUT2D eigenvalue weighted by molar-refractivity contribution is 5.45. The molecule has 3 heteroatoms. The van der Waals surface area contributed by atoms with Gasteiger partial charge in [-0.15, -0.1) is 0 Å². The van der Waals surface area contributed by atoms with Crippen LogP contribution in [0, 0.1) is 0 Å². The summed E-state index contributed by atoms with van der Waals surface area (Å²) in [7, 11) is 1.96. The zero-order chi connectivity index (χ0) is 11.2. The van der Waals surface area contributed by atoms with Gasteiger partial charge in [0.2, 0.25) is 0 Å². The minimum atomic E-state index is 0.396. The lowest BCUT2D eigenvalue weighted by atomic mass is 10.2. The van der Waals surface area contributed by atoms with Gasteiger partial charge >= 0.3 is 0 Å². The molecule has 0 amide bonds. The molecule has 1 aromatic rings. The molecular weight excluding hydrogens is 200 g/mol. The Balaban J connectivity index is 1.85. The van der Waals surface area contributed by atoms with E-state index in [1.165, 1.54) is 24.1 Å². The molecule has 1 saturated heterocycles. The summed E-state index contributed by atoms with van der Waals surface area (Å²) in [6, 6.07) is 8.51. The maximum atomic E-state index is 5.58. The highest BCUT2D eigenvalue weighted by Crippen LogP contribution is 2.15. The normalized spacial score (nSPS) is 19.9. The SMILES string of the molecule is CNCc1cccc(NCC2CCCO2)c1. The van der Waals surface area contributed by atoms with Gasteiger partial charge in [-0.05, 0) is 37.6 Å². The van der Waals surface area contributed by atoms with Crippen molar-refractivity contribution in [2.24, 2.45) is 0 Å². The van der Waals surface area contributed by atoms with Crippen molar-refractivity contribution >= 4 is 5.69 Å². The molecule has 1 unspecified atom stereocenters. The first-order valence-electron chi connectivity index (χ1n) is 5.97. The maximum absolute atomic E-state index is 5.58. The van der Waals surface area contributed by atoms with E-state index in [4.69, 9.17) is 4.74 Å². The molecule has 0 aromatic heterocycles. The van der Waals surface area contributed by atoms with Crippen LogP contribution in [0.25, 0.3) is 0 Å². The second kappa shape index (κ2) is 5.87. The Morgan fingerprint density at radius 2 is 2.38 bits per heavy atom. The number of rotatable bonds is 5. The van der Waals surface area contributed by atoms with E-state index in [-0.39, 0.29) is 0 Å². The van der Waals surface area contributed by atoms with Crippen LogP contribution >= 0.6 is 0 Å². The lowest BCUT2D eigenvalue weighted by Crippen LogP contribution is -2.18. The van der Waals surface area contributed by atoms with Crippen LogP contribution in [0.15, 0.2) is 24.3 Å². The minimum Gasteiger partial charge on any atom is -0.382 e. The lowest BCUT2D eigenvalue weighted by molar-refractivity contribution is 0.120. The van der Waals surface area contributed by atoms with E-state index in [1.807, 2.05) is 7.05 Å². The van der Waals surface area contributed by atoms with E-state index in [1.54, 1.807) is 0 Å². The third-order valence-corrected chi connectivity index (χ3v) is 2.87. The Morgan fingerprint density at radius 1 is 1.44 bits per heavy atom. The molecule has 16 heavy (non-hydrogen) atoms. The first-order valence-corrected chi connectivity index (χ1v) is 5.97. The number of anilines is 1. The Kier molecular flexibility index (Phi) is 4.19. The van der Waals surface area contributed by atoms with Crippen molar-refractivity contribution in [1.29, 1.82) is 0 Å². The fraction of sp³-hybridized carbons (Fsp3) is 0.538. The number of ether oxygens (including phenoxy) is 1. The van der Waals surface area contributed by atoms with Crippen molar-refractivity contribution in [3.05, 3.63) is 29.8 Å². The second-order valence-electron chi connectivity index (χ2n) is 4.25. The van der Waals surface area contributed by atoms with Crippen LogP contribution in [0.4, 0.5) is 5.69 Å². The number of nitrogens with one attached hydrogen (secondary N) is 2. The molecule has 0 aliphatic carbocycles. The largest absolute Gasteiger partial charge is 0.382 e. The van der Waals surface area contributed by atoms with Gasteiger partial charge in [-0.2, -0.15) is 0 Å². The van der Waals surface area contributed by atoms with E-state index in [0.29, 0.717) is 6.10 Å². The van der Waals surface area contributed by atoms with Crippen molar-refractivity contribution in [1.82, 2.24) is 5.32 Å². The molecule has 88 valence electrons. The summed E-state index contributed by atoms with van der Waals surface area (Å²) >= 11 is 0. The van der Waals surface area contributed by atoms with Gasteiger partial charge in [0.1, 0.15) is 0 Å². The van der Waals surface area contributed by atoms with Gasteiger partial charge in [0.15, 0.2) is 0 Å². The third kappa shape index (κ3) is 3.22. The molecule has 3 nitrogen and oxygen atoms in total. The van der Waals surface area contributed by atoms with E-state index in [2.05, 4.69) is 34.9 Å². The summed E-state index contributed by atoms with van der Waals surface area (Å²) < 4.78 is 5.58. The maximum Gasteiger partial charge on any atom is 0.0748 e. The smallest absolute Gasteiger partial charge is 0.0748 e. The molecule has 0 saturated carbocycles. The Morgan fingerprint density at radius 3 is 3.12 bits per heavy atom. The first-order chi connectivity index (χ1) is 7.88. The van der Waals surface area contributed by atoms with Crippen LogP contribution in [0.5, 0.6) is 0 Å². The Labute approximate surface area is 97.2 Å². The van der Waals surface area contributed by atoms with Gasteiger partial charge in [0, 0.05) is 25.4 Å². The van der Waals surface area contributed by atoms with Crippen LogP contribution in [0.1, 0.15) is 18.4 Å². The van der Waals surface area contributed by atoms with Crippen molar-refractivity contribution in [2.45, 2.75) is 25.5 Å². The molecule has 1 fully saturated rings. The molecule has 1 aliphatic rings. The van der Waals surface area contributed by atoms with Crippen molar-refractivity contribution in [3.63, 3.8) is 0 Å². The zero-order valence-corrected chi connectivity index (χ0v) is 9.83. The molecule has 1 heterocycles. The third-order valence-electron chi connectivity index (χ3n) is 2.87. The van der Waals surface area contributed by atoms with Gasteiger partial charge in [0.05, 0.1) is 6.10 Å². The summed E-state index contributed by atoms with van der Waals surface area (Å²) in [5.74, 6) is 0. The van der Waals surface area contributed by atoms with E-state index in [0.717, 1.165) is 19.7 Å². The van der Waals surface area contributed by atoms with Crippen molar-refractivity contribution < 1.29 is 4.74 Å². The highest BCUT2D eigenvalue weighted by atomic mass is 16.5. The van der Waals surface area contributed by atoms with Crippen LogP contribution in [0.2, 0.25) is 0 Å². The predicted molar refractivity (Wildman–Crippen MR) is 66.7 cm³/mol. The molecule has 1 aliphatic heterocycles. The molecule has 1 atom stereocenters. The summed E-state index contributed by atoms with van der Waals surface area (Å²) in [6.45, 7) is 2.75. The van der Waals surface area contributed by atoms with Crippen LogP contribution < -0.4 is 10.6 Å². The summed E-state index contributed by atoms with van der Waals surface area (Å²) in [5, 5.41) is 6.59. The van der Waals surface area contributed by atoms with Gasteiger partial charge in [-0.1, -0.05) is 12.1 Å². The highest BCUT2D eigenvalue weighted by Gasteiger charge is 2.14. The first kappa shape index (κ1) is 11.4. The molecule has 2 rings (SSSR count). The molecule has 1 aromatic carbocycles. The van der Waals surface area contributed by atoms with Crippen molar-refractivity contribution in [3.8, 4) is 0 Å². The number of benzene rings is 1. The summed E-state index contributed by atoms with van der Waals surface area (Å²) in [5.41, 5.74) is 2.49. The average molecular weight is 220 g/mol. The Hall–Kier alpha value is -1.06. The van der Waals surface area contributed by atoms with E-state index < -0.39 is 0 Å². The molecule has 0 radical (unpaired) electrons. The van der Waals surface area contributed by atoms with Gasteiger partial charge in [0.25, 0.3) is 0 Å².